The molecule has 0 aliphatic heterocycles. The van der Waals surface area contributed by atoms with Crippen LogP contribution < -0.4 is 10.0 Å². The first kappa shape index (κ1) is 21.9. The van der Waals surface area contributed by atoms with Crippen LogP contribution >= 0.6 is 11.6 Å². The highest BCUT2D eigenvalue weighted by atomic mass is 35.5. The summed E-state index contributed by atoms with van der Waals surface area (Å²) in [7, 11) is -3.90. The maximum Gasteiger partial charge on any atom is 0.261 e. The molecule has 0 saturated carbocycles. The van der Waals surface area contributed by atoms with Crippen LogP contribution in [-0.4, -0.2) is 14.3 Å². The first-order chi connectivity index (χ1) is 14.1. The number of hydrogen-bond acceptors (Lipinski definition) is 4. The highest BCUT2D eigenvalue weighted by Crippen LogP contribution is 2.24. The van der Waals surface area contributed by atoms with Crippen molar-refractivity contribution in [2.24, 2.45) is 0 Å². The lowest BCUT2D eigenvalue weighted by Gasteiger charge is -2.14. The highest BCUT2D eigenvalue weighted by Gasteiger charge is 2.21. The zero-order valence-electron chi connectivity index (χ0n) is 17.1. The van der Waals surface area contributed by atoms with Gasteiger partial charge in [-0.2, -0.15) is 0 Å². The van der Waals surface area contributed by atoms with Gasteiger partial charge in [-0.05, 0) is 81.3 Å². The molecule has 8 heteroatoms. The van der Waals surface area contributed by atoms with E-state index in [4.69, 9.17) is 16.0 Å². The van der Waals surface area contributed by atoms with Gasteiger partial charge in [0.1, 0.15) is 11.5 Å². The van der Waals surface area contributed by atoms with Crippen LogP contribution in [0.3, 0.4) is 0 Å². The summed E-state index contributed by atoms with van der Waals surface area (Å²) in [5.74, 6) is 0.830. The first-order valence-corrected chi connectivity index (χ1v) is 11.2. The fourth-order valence-corrected chi connectivity index (χ4v) is 4.17. The maximum absolute atomic E-state index is 12.8. The molecule has 1 unspecified atom stereocenters. The average molecular weight is 447 g/mol. The van der Waals surface area contributed by atoms with Gasteiger partial charge < -0.3 is 9.73 Å². The Morgan fingerprint density at radius 3 is 2.37 bits per heavy atom. The van der Waals surface area contributed by atoms with Crippen molar-refractivity contribution in [2.75, 3.05) is 4.72 Å². The summed E-state index contributed by atoms with van der Waals surface area (Å²) in [5, 5.41) is 2.93. The standard InChI is InChI=1S/C22H23ClN2O4S/c1-13-5-7-17(11-14(13)2)25-30(27,28)18-8-9-20(23)19(12-18)22(26)24-16(4)21-10-6-15(3)29-21/h5-12,16,25H,1-4H3,(H,24,26). The average Bonchev–Trinajstić information content (AvgIpc) is 3.11. The summed E-state index contributed by atoms with van der Waals surface area (Å²) >= 11 is 6.17. The van der Waals surface area contributed by atoms with Crippen molar-refractivity contribution in [1.82, 2.24) is 5.32 Å². The molecule has 3 rings (SSSR count). The number of rotatable bonds is 6. The van der Waals surface area contributed by atoms with Crippen LogP contribution in [0, 0.1) is 20.8 Å². The van der Waals surface area contributed by atoms with E-state index < -0.39 is 22.0 Å². The fraction of sp³-hybridized carbons (Fsp3) is 0.227. The number of anilines is 1. The molecule has 0 aliphatic carbocycles. The van der Waals surface area contributed by atoms with Crippen LogP contribution in [0.25, 0.3) is 0 Å². The highest BCUT2D eigenvalue weighted by molar-refractivity contribution is 7.92. The lowest BCUT2D eigenvalue weighted by molar-refractivity contribution is 0.0935. The zero-order valence-corrected chi connectivity index (χ0v) is 18.7. The van der Waals surface area contributed by atoms with Crippen molar-refractivity contribution in [3.8, 4) is 0 Å². The Kier molecular flexibility index (Phi) is 6.24. The van der Waals surface area contributed by atoms with E-state index in [2.05, 4.69) is 10.0 Å². The lowest BCUT2D eigenvalue weighted by Crippen LogP contribution is -2.27. The molecule has 0 radical (unpaired) electrons. The summed E-state index contributed by atoms with van der Waals surface area (Å²) in [5.41, 5.74) is 2.54. The molecule has 1 atom stereocenters. The third-order valence-corrected chi connectivity index (χ3v) is 6.50. The van der Waals surface area contributed by atoms with E-state index in [9.17, 15) is 13.2 Å². The Hall–Kier alpha value is -2.77. The molecule has 0 saturated heterocycles. The molecule has 0 bridgehead atoms. The van der Waals surface area contributed by atoms with Gasteiger partial charge >= 0.3 is 0 Å². The largest absolute Gasteiger partial charge is 0.464 e. The summed E-state index contributed by atoms with van der Waals surface area (Å²) in [6.07, 6.45) is 0. The van der Waals surface area contributed by atoms with Crippen molar-refractivity contribution in [3.05, 3.63) is 81.8 Å². The van der Waals surface area contributed by atoms with Crippen molar-refractivity contribution in [3.63, 3.8) is 0 Å². The number of furan rings is 1. The maximum atomic E-state index is 12.8. The molecule has 0 aliphatic rings. The monoisotopic (exact) mass is 446 g/mol. The SMILES string of the molecule is Cc1ccc(C(C)NC(=O)c2cc(S(=O)(=O)Nc3ccc(C)c(C)c3)ccc2Cl)o1. The molecule has 1 heterocycles. The molecule has 3 aromatic rings. The molecular weight excluding hydrogens is 424 g/mol. The van der Waals surface area contributed by atoms with Crippen molar-refractivity contribution in [2.45, 2.75) is 38.6 Å². The smallest absolute Gasteiger partial charge is 0.261 e. The Morgan fingerprint density at radius 2 is 1.73 bits per heavy atom. The van der Waals surface area contributed by atoms with Crippen molar-refractivity contribution < 1.29 is 17.6 Å². The molecule has 30 heavy (non-hydrogen) atoms. The molecule has 0 spiro atoms. The minimum absolute atomic E-state index is 0.0585. The third-order valence-electron chi connectivity index (χ3n) is 4.79. The summed E-state index contributed by atoms with van der Waals surface area (Å²) in [6.45, 7) is 7.43. The predicted molar refractivity (Wildman–Crippen MR) is 118 cm³/mol. The van der Waals surface area contributed by atoms with Gasteiger partial charge in [0.2, 0.25) is 0 Å². The van der Waals surface area contributed by atoms with E-state index in [-0.39, 0.29) is 15.5 Å². The number of nitrogens with one attached hydrogen (secondary N) is 2. The van der Waals surface area contributed by atoms with Gasteiger partial charge in [-0.15, -0.1) is 0 Å². The number of amides is 1. The van der Waals surface area contributed by atoms with E-state index in [1.807, 2.05) is 26.8 Å². The second kappa shape index (κ2) is 8.53. The minimum atomic E-state index is -3.90. The summed E-state index contributed by atoms with van der Waals surface area (Å²) in [4.78, 5) is 12.7. The van der Waals surface area contributed by atoms with Gasteiger partial charge in [0, 0.05) is 5.69 Å². The van der Waals surface area contributed by atoms with E-state index in [0.29, 0.717) is 11.4 Å². The zero-order chi connectivity index (χ0) is 22.1. The number of sulfonamides is 1. The van der Waals surface area contributed by atoms with Gasteiger partial charge in [-0.1, -0.05) is 17.7 Å². The van der Waals surface area contributed by atoms with Crippen LogP contribution in [0.15, 0.2) is 57.8 Å². The van der Waals surface area contributed by atoms with Crippen LogP contribution in [-0.2, 0) is 10.0 Å². The Balaban J connectivity index is 1.84. The van der Waals surface area contributed by atoms with Crippen LogP contribution in [0.4, 0.5) is 5.69 Å². The topological polar surface area (TPSA) is 88.4 Å². The normalized spacial score (nSPS) is 12.4. The van der Waals surface area contributed by atoms with Gasteiger partial charge in [0.15, 0.2) is 0 Å². The second-order valence-corrected chi connectivity index (χ2v) is 9.28. The number of hydrogen-bond donors (Lipinski definition) is 2. The number of benzene rings is 2. The number of carbonyl (C=O) groups is 1. The van der Waals surface area contributed by atoms with Gasteiger partial charge in [-0.3, -0.25) is 9.52 Å². The van der Waals surface area contributed by atoms with Crippen LogP contribution in [0.5, 0.6) is 0 Å². The number of carbonyl (C=O) groups excluding carboxylic acids is 1. The van der Waals surface area contributed by atoms with Crippen molar-refractivity contribution >= 4 is 33.2 Å². The number of aryl methyl sites for hydroxylation is 3. The molecule has 2 aromatic carbocycles. The van der Waals surface area contributed by atoms with Gasteiger partial charge in [0.05, 0.1) is 21.5 Å². The van der Waals surface area contributed by atoms with E-state index >= 15 is 0 Å². The Morgan fingerprint density at radius 1 is 1.00 bits per heavy atom. The van der Waals surface area contributed by atoms with Crippen LogP contribution in [0.2, 0.25) is 5.02 Å². The van der Waals surface area contributed by atoms with Crippen molar-refractivity contribution in [1.29, 1.82) is 0 Å². The predicted octanol–water partition coefficient (Wildman–Crippen LogP) is 5.15. The first-order valence-electron chi connectivity index (χ1n) is 9.33. The van der Waals surface area contributed by atoms with E-state index in [1.165, 1.54) is 18.2 Å². The molecule has 6 nitrogen and oxygen atoms in total. The lowest BCUT2D eigenvalue weighted by atomic mass is 10.1. The molecule has 1 amide bonds. The fourth-order valence-electron chi connectivity index (χ4n) is 2.90. The van der Waals surface area contributed by atoms with E-state index in [0.717, 1.165) is 16.9 Å². The van der Waals surface area contributed by atoms with Gasteiger partial charge in [-0.25, -0.2) is 8.42 Å². The minimum Gasteiger partial charge on any atom is -0.464 e. The van der Waals surface area contributed by atoms with E-state index in [1.54, 1.807) is 31.2 Å². The molecule has 158 valence electrons. The Bertz CT molecular complexity index is 1200. The third kappa shape index (κ3) is 4.86. The quantitative estimate of drug-likeness (QED) is 0.548. The molecule has 2 N–H and O–H groups in total. The molecular formula is C22H23ClN2O4S. The molecule has 1 aromatic heterocycles. The number of halogens is 1. The summed E-state index contributed by atoms with van der Waals surface area (Å²) in [6, 6.07) is 12.5. The Labute approximate surface area is 181 Å². The second-order valence-electron chi connectivity index (χ2n) is 7.19. The van der Waals surface area contributed by atoms with Gasteiger partial charge in [0.25, 0.3) is 15.9 Å². The van der Waals surface area contributed by atoms with Crippen LogP contribution in [0.1, 0.15) is 46.0 Å². The molecule has 0 fully saturated rings. The summed E-state index contributed by atoms with van der Waals surface area (Å²) < 4.78 is 33.7.